The Hall–Kier alpha value is -0.110. The summed E-state index contributed by atoms with van der Waals surface area (Å²) < 4.78 is 24.2. The summed E-state index contributed by atoms with van der Waals surface area (Å²) in [5, 5.41) is 4.04. The lowest BCUT2D eigenvalue weighted by Crippen LogP contribution is -2.11. The number of alkyl halides is 1. The van der Waals surface area contributed by atoms with Crippen molar-refractivity contribution >= 4 is 32.4 Å². The molecule has 0 aliphatic heterocycles. The Labute approximate surface area is 91.4 Å². The number of aryl methyl sites for hydroxylation is 1. The summed E-state index contributed by atoms with van der Waals surface area (Å²) in [5.41, 5.74) is 1.12. The van der Waals surface area contributed by atoms with Crippen LogP contribution in [0.5, 0.6) is 0 Å². The Bertz CT molecular complexity index is 372. The number of sulfone groups is 1. The molecular formula is C7H11IN2O2S. The summed E-state index contributed by atoms with van der Waals surface area (Å²) in [5.74, 6) is 0.148. The van der Waals surface area contributed by atoms with E-state index in [-0.39, 0.29) is 5.75 Å². The molecule has 0 radical (unpaired) electrons. The third-order valence-electron chi connectivity index (χ3n) is 1.53. The van der Waals surface area contributed by atoms with Crippen molar-refractivity contribution in [3.05, 3.63) is 18.0 Å². The van der Waals surface area contributed by atoms with Crippen LogP contribution in [-0.2, 0) is 20.8 Å². The smallest absolute Gasteiger partial charge is 0.149 e. The maximum Gasteiger partial charge on any atom is 0.149 e. The van der Waals surface area contributed by atoms with Gasteiger partial charge >= 0.3 is 0 Å². The second-order valence-corrected chi connectivity index (χ2v) is 5.90. The van der Waals surface area contributed by atoms with E-state index in [0.717, 1.165) is 9.99 Å². The molecule has 0 unspecified atom stereocenters. The average Bonchev–Trinajstić information content (AvgIpc) is 2.47. The van der Waals surface area contributed by atoms with Crippen LogP contribution in [0.1, 0.15) is 5.56 Å². The van der Waals surface area contributed by atoms with Crippen LogP contribution >= 0.6 is 22.6 Å². The fourth-order valence-electron chi connectivity index (χ4n) is 0.857. The molecule has 0 atom stereocenters. The Balaban J connectivity index is 2.55. The molecule has 0 bridgehead atoms. The molecule has 1 rings (SSSR count). The molecule has 0 aromatic carbocycles. The predicted octanol–water partition coefficient (Wildman–Crippen LogP) is 0.863. The molecule has 0 aliphatic carbocycles. The van der Waals surface area contributed by atoms with Gasteiger partial charge in [-0.1, -0.05) is 22.6 Å². The van der Waals surface area contributed by atoms with Gasteiger partial charge in [0.1, 0.15) is 9.84 Å². The minimum absolute atomic E-state index is 0.148. The molecule has 13 heavy (non-hydrogen) atoms. The third kappa shape index (κ3) is 4.08. The van der Waals surface area contributed by atoms with Crippen LogP contribution in [0.3, 0.4) is 0 Å². The van der Waals surface area contributed by atoms with Gasteiger partial charge in [0.25, 0.3) is 0 Å². The molecular weight excluding hydrogens is 303 g/mol. The highest BCUT2D eigenvalue weighted by Gasteiger charge is 2.03. The van der Waals surface area contributed by atoms with Crippen LogP contribution < -0.4 is 0 Å². The zero-order valence-corrected chi connectivity index (χ0v) is 10.2. The van der Waals surface area contributed by atoms with Gasteiger partial charge in [-0.25, -0.2) is 8.42 Å². The van der Waals surface area contributed by atoms with E-state index in [1.165, 1.54) is 6.26 Å². The summed E-state index contributed by atoms with van der Waals surface area (Å²) in [6, 6.07) is 0. The molecule has 0 aliphatic rings. The number of hydrogen-bond acceptors (Lipinski definition) is 3. The van der Waals surface area contributed by atoms with E-state index in [0.29, 0.717) is 6.54 Å². The van der Waals surface area contributed by atoms with Crippen molar-refractivity contribution < 1.29 is 8.42 Å². The second kappa shape index (κ2) is 4.41. The van der Waals surface area contributed by atoms with Crippen molar-refractivity contribution in [2.75, 3.05) is 12.0 Å². The largest absolute Gasteiger partial charge is 0.271 e. The van der Waals surface area contributed by atoms with E-state index in [1.54, 1.807) is 10.9 Å². The van der Waals surface area contributed by atoms with Crippen LogP contribution in [0.2, 0.25) is 0 Å². The van der Waals surface area contributed by atoms with Crippen molar-refractivity contribution in [1.82, 2.24) is 9.78 Å². The van der Waals surface area contributed by atoms with Gasteiger partial charge in [0, 0.05) is 16.9 Å². The van der Waals surface area contributed by atoms with Crippen LogP contribution in [0.4, 0.5) is 0 Å². The molecule has 74 valence electrons. The van der Waals surface area contributed by atoms with Crippen molar-refractivity contribution in [1.29, 1.82) is 0 Å². The highest BCUT2D eigenvalue weighted by Crippen LogP contribution is 2.03. The Morgan fingerprint density at radius 3 is 2.77 bits per heavy atom. The van der Waals surface area contributed by atoms with Crippen LogP contribution in [0.25, 0.3) is 0 Å². The van der Waals surface area contributed by atoms with E-state index >= 15 is 0 Å². The fourth-order valence-corrected chi connectivity index (χ4v) is 1.77. The lowest BCUT2D eigenvalue weighted by Gasteiger charge is -1.98. The summed E-state index contributed by atoms with van der Waals surface area (Å²) in [7, 11) is -2.88. The number of nitrogens with zero attached hydrogens (tertiary/aromatic N) is 2. The van der Waals surface area contributed by atoms with Crippen LogP contribution in [0, 0.1) is 0 Å². The Kier molecular flexibility index (Phi) is 3.72. The third-order valence-corrected chi connectivity index (χ3v) is 3.34. The Morgan fingerprint density at radius 2 is 2.31 bits per heavy atom. The topological polar surface area (TPSA) is 52.0 Å². The van der Waals surface area contributed by atoms with Gasteiger partial charge in [0.2, 0.25) is 0 Å². The van der Waals surface area contributed by atoms with Gasteiger partial charge in [0.05, 0.1) is 18.5 Å². The average molecular weight is 314 g/mol. The number of hydrogen-bond donors (Lipinski definition) is 0. The minimum atomic E-state index is -2.88. The molecule has 1 aromatic heterocycles. The summed E-state index contributed by atoms with van der Waals surface area (Å²) in [6.45, 7) is 0.440. The zero-order chi connectivity index (χ0) is 9.90. The summed E-state index contributed by atoms with van der Waals surface area (Å²) in [4.78, 5) is 0. The first-order valence-electron chi connectivity index (χ1n) is 3.76. The standard InChI is InChI=1S/C7H11IN2O2S/c1-13(11,12)3-2-10-6-7(4-8)5-9-10/h5-6H,2-4H2,1H3. The lowest BCUT2D eigenvalue weighted by molar-refractivity contribution is 0.586. The van der Waals surface area contributed by atoms with Crippen molar-refractivity contribution in [2.45, 2.75) is 11.0 Å². The van der Waals surface area contributed by atoms with E-state index < -0.39 is 9.84 Å². The maximum absolute atomic E-state index is 10.8. The highest BCUT2D eigenvalue weighted by atomic mass is 127. The van der Waals surface area contributed by atoms with Crippen LogP contribution in [-0.4, -0.2) is 30.2 Å². The molecule has 0 N–H and O–H groups in total. The first kappa shape index (κ1) is 11.0. The van der Waals surface area contributed by atoms with Crippen molar-refractivity contribution in [3.63, 3.8) is 0 Å². The van der Waals surface area contributed by atoms with Gasteiger partial charge in [-0.3, -0.25) is 4.68 Å². The first-order chi connectivity index (χ1) is 6.01. The number of aromatic nitrogens is 2. The number of halogens is 1. The maximum atomic E-state index is 10.8. The molecule has 0 fully saturated rings. The van der Waals surface area contributed by atoms with Gasteiger partial charge in [-0.2, -0.15) is 5.10 Å². The van der Waals surface area contributed by atoms with E-state index in [1.807, 2.05) is 6.20 Å². The molecule has 0 amide bonds. The van der Waals surface area contributed by atoms with Crippen molar-refractivity contribution in [3.8, 4) is 0 Å². The molecule has 6 heteroatoms. The van der Waals surface area contributed by atoms with E-state index in [2.05, 4.69) is 27.7 Å². The number of rotatable bonds is 4. The van der Waals surface area contributed by atoms with E-state index in [4.69, 9.17) is 0 Å². The first-order valence-corrected chi connectivity index (χ1v) is 7.35. The molecule has 0 spiro atoms. The molecule has 4 nitrogen and oxygen atoms in total. The quantitative estimate of drug-likeness (QED) is 0.612. The molecule has 0 saturated carbocycles. The van der Waals surface area contributed by atoms with Gasteiger partial charge in [-0.05, 0) is 5.56 Å². The van der Waals surface area contributed by atoms with E-state index in [9.17, 15) is 8.42 Å². The monoisotopic (exact) mass is 314 g/mol. The van der Waals surface area contributed by atoms with Gasteiger partial charge < -0.3 is 0 Å². The predicted molar refractivity (Wildman–Crippen MR) is 59.7 cm³/mol. The van der Waals surface area contributed by atoms with Gasteiger partial charge in [-0.15, -0.1) is 0 Å². The summed E-state index contributed by atoms with van der Waals surface area (Å²) >= 11 is 2.24. The highest BCUT2D eigenvalue weighted by molar-refractivity contribution is 14.1. The minimum Gasteiger partial charge on any atom is -0.271 e. The Morgan fingerprint density at radius 1 is 1.62 bits per heavy atom. The zero-order valence-electron chi connectivity index (χ0n) is 7.27. The fraction of sp³-hybridized carbons (Fsp3) is 0.571. The normalized spacial score (nSPS) is 11.8. The molecule has 1 aromatic rings. The SMILES string of the molecule is CS(=O)(=O)CCn1cc(CI)cn1. The lowest BCUT2D eigenvalue weighted by atomic mass is 10.4. The second-order valence-electron chi connectivity index (χ2n) is 2.88. The summed E-state index contributed by atoms with van der Waals surface area (Å²) in [6.07, 6.45) is 4.86. The van der Waals surface area contributed by atoms with Crippen molar-refractivity contribution in [2.24, 2.45) is 0 Å². The van der Waals surface area contributed by atoms with Gasteiger partial charge in [0.15, 0.2) is 0 Å². The molecule has 0 saturated heterocycles. The van der Waals surface area contributed by atoms with Crippen LogP contribution in [0.15, 0.2) is 12.4 Å². The molecule has 1 heterocycles.